The van der Waals surface area contributed by atoms with Crippen LogP contribution in [0.25, 0.3) is 16.7 Å². The Morgan fingerprint density at radius 3 is 3.04 bits per heavy atom. The van der Waals surface area contributed by atoms with E-state index in [4.69, 9.17) is 10.7 Å². The molecule has 6 heteroatoms. The summed E-state index contributed by atoms with van der Waals surface area (Å²) in [4.78, 5) is 12.6. The van der Waals surface area contributed by atoms with Crippen LogP contribution in [0.3, 0.4) is 0 Å². The fraction of sp³-hybridized carbons (Fsp3) is 0.529. The van der Waals surface area contributed by atoms with E-state index >= 15 is 0 Å². The quantitative estimate of drug-likeness (QED) is 0.686. The first kappa shape index (κ1) is 14.7. The van der Waals surface area contributed by atoms with Gasteiger partial charge in [0.1, 0.15) is 5.82 Å². The molecule has 3 aromatic rings. The molecule has 0 unspecified atom stereocenters. The van der Waals surface area contributed by atoms with Crippen molar-refractivity contribution < 1.29 is 5.11 Å². The maximum Gasteiger partial charge on any atom is 0.154 e. The molecule has 0 aromatic carbocycles. The van der Waals surface area contributed by atoms with Crippen LogP contribution in [-0.2, 0) is 6.42 Å². The average Bonchev–Trinajstić information content (AvgIpc) is 3.23. The summed E-state index contributed by atoms with van der Waals surface area (Å²) >= 11 is 0. The minimum absolute atomic E-state index is 0.0959. The minimum Gasteiger partial charge on any atom is -0.396 e. The molecule has 0 amide bonds. The van der Waals surface area contributed by atoms with Crippen molar-refractivity contribution in [3.05, 3.63) is 30.0 Å². The van der Waals surface area contributed by atoms with Crippen molar-refractivity contribution in [1.29, 1.82) is 0 Å². The van der Waals surface area contributed by atoms with Crippen LogP contribution in [-0.4, -0.2) is 37.1 Å². The largest absolute Gasteiger partial charge is 0.396 e. The van der Waals surface area contributed by atoms with Gasteiger partial charge in [0.2, 0.25) is 0 Å². The number of imidazole rings is 1. The molecule has 1 aliphatic carbocycles. The molecule has 4 rings (SSSR count). The zero-order valence-electron chi connectivity index (χ0n) is 13.4. The van der Waals surface area contributed by atoms with Crippen LogP contribution in [0.1, 0.15) is 43.6 Å². The van der Waals surface area contributed by atoms with Crippen molar-refractivity contribution >= 4 is 16.7 Å². The molecule has 0 aliphatic heterocycles. The number of aromatic nitrogens is 4. The Bertz CT molecular complexity index is 836. The molecule has 1 saturated carbocycles. The number of nitrogens with two attached hydrogens (primary N) is 1. The van der Waals surface area contributed by atoms with E-state index in [1.54, 1.807) is 0 Å². The predicted octanol–water partition coefficient (Wildman–Crippen LogP) is 1.98. The average molecular weight is 313 g/mol. The van der Waals surface area contributed by atoms with Crippen LogP contribution in [0.15, 0.2) is 18.5 Å². The fourth-order valence-electron chi connectivity index (χ4n) is 4.12. The lowest BCUT2D eigenvalue weighted by Crippen LogP contribution is -2.15. The van der Waals surface area contributed by atoms with Gasteiger partial charge in [-0.05, 0) is 24.8 Å². The number of aliphatic hydroxyl groups excluding tert-OH is 1. The zero-order chi connectivity index (χ0) is 16.0. The molecular weight excluding hydrogens is 290 g/mol. The Balaban J connectivity index is 1.96. The number of hydrogen-bond acceptors (Lipinski definition) is 4. The second-order valence-electron chi connectivity index (χ2n) is 6.59. The minimum atomic E-state index is 0.0959. The van der Waals surface area contributed by atoms with Gasteiger partial charge < -0.3 is 15.8 Å². The highest BCUT2D eigenvalue weighted by molar-refractivity contribution is 5.76. The first-order valence-corrected chi connectivity index (χ1v) is 8.42. The maximum atomic E-state index is 9.37. The normalized spacial score (nSPS) is 24.9. The summed E-state index contributed by atoms with van der Waals surface area (Å²) in [5, 5.41) is 9.37. The van der Waals surface area contributed by atoms with E-state index < -0.39 is 0 Å². The lowest BCUT2D eigenvalue weighted by molar-refractivity contribution is 0.298. The zero-order valence-corrected chi connectivity index (χ0v) is 13.4. The number of aliphatic hydroxyl groups is 1. The van der Waals surface area contributed by atoms with Gasteiger partial charge in [-0.3, -0.25) is 4.40 Å². The summed E-state index contributed by atoms with van der Waals surface area (Å²) in [6.45, 7) is 2.33. The Hall–Kier alpha value is -1.92. The molecule has 0 saturated heterocycles. The molecule has 1 fully saturated rings. The SMILES string of the molecule is CC[C@@H]1C[C@H](N)C[C@@H]1c1nc(CCO)c2cnc3[nH]ccc3n12. The molecule has 6 nitrogen and oxygen atoms in total. The smallest absolute Gasteiger partial charge is 0.154 e. The molecule has 3 aromatic heterocycles. The Morgan fingerprint density at radius 2 is 2.26 bits per heavy atom. The molecule has 3 atom stereocenters. The lowest BCUT2D eigenvalue weighted by atomic mass is 9.93. The summed E-state index contributed by atoms with van der Waals surface area (Å²) in [6.07, 6.45) is 7.47. The van der Waals surface area contributed by atoms with E-state index in [-0.39, 0.29) is 12.6 Å². The van der Waals surface area contributed by atoms with Crippen molar-refractivity contribution in [2.45, 2.75) is 44.6 Å². The highest BCUT2D eigenvalue weighted by Gasteiger charge is 2.35. The number of nitrogens with zero attached hydrogens (tertiary/aromatic N) is 3. The van der Waals surface area contributed by atoms with Gasteiger partial charge in [0.25, 0.3) is 0 Å². The van der Waals surface area contributed by atoms with Crippen molar-refractivity contribution in [1.82, 2.24) is 19.4 Å². The number of nitrogens with one attached hydrogen (secondary N) is 1. The molecule has 23 heavy (non-hydrogen) atoms. The number of aromatic amines is 1. The maximum absolute atomic E-state index is 9.37. The van der Waals surface area contributed by atoms with Crippen LogP contribution in [0.2, 0.25) is 0 Å². The first-order valence-electron chi connectivity index (χ1n) is 8.42. The molecule has 0 radical (unpaired) electrons. The van der Waals surface area contributed by atoms with Gasteiger partial charge in [0.05, 0.1) is 22.9 Å². The van der Waals surface area contributed by atoms with Gasteiger partial charge in [-0.1, -0.05) is 13.3 Å². The summed E-state index contributed by atoms with van der Waals surface area (Å²) in [6, 6.07) is 2.29. The van der Waals surface area contributed by atoms with Crippen LogP contribution in [0.5, 0.6) is 0 Å². The lowest BCUT2D eigenvalue weighted by Gasteiger charge is -2.17. The number of hydrogen-bond donors (Lipinski definition) is 3. The molecule has 0 bridgehead atoms. The third kappa shape index (κ3) is 2.24. The van der Waals surface area contributed by atoms with Gasteiger partial charge >= 0.3 is 0 Å². The van der Waals surface area contributed by atoms with Gasteiger partial charge in [-0.2, -0.15) is 0 Å². The molecule has 1 aliphatic rings. The highest BCUT2D eigenvalue weighted by atomic mass is 16.3. The van der Waals surface area contributed by atoms with Crippen molar-refractivity contribution in [2.24, 2.45) is 11.7 Å². The van der Waals surface area contributed by atoms with Crippen LogP contribution < -0.4 is 5.73 Å². The first-order chi connectivity index (χ1) is 11.2. The fourth-order valence-corrected chi connectivity index (χ4v) is 4.12. The molecular formula is C17H23N5O. The summed E-state index contributed by atoms with van der Waals surface area (Å²) < 4.78 is 2.22. The van der Waals surface area contributed by atoms with Crippen LogP contribution in [0, 0.1) is 5.92 Å². The van der Waals surface area contributed by atoms with Gasteiger partial charge in [-0.15, -0.1) is 0 Å². The highest BCUT2D eigenvalue weighted by Crippen LogP contribution is 2.41. The second kappa shape index (κ2) is 5.62. The Morgan fingerprint density at radius 1 is 1.39 bits per heavy atom. The van der Waals surface area contributed by atoms with E-state index in [0.29, 0.717) is 18.3 Å². The van der Waals surface area contributed by atoms with Gasteiger partial charge in [0, 0.05) is 31.2 Å². The standard InChI is InChI=1S/C17H23N5O/c1-2-10-7-11(18)8-12(10)17-21-13(4-6-23)15-9-20-16-14(22(15)17)3-5-19-16/h3,5,9-12,19,23H,2,4,6-8,18H2,1H3/t10-,11+,12+/m1/s1. The molecule has 122 valence electrons. The van der Waals surface area contributed by atoms with Crippen LogP contribution in [0.4, 0.5) is 0 Å². The molecule has 0 spiro atoms. The summed E-state index contributed by atoms with van der Waals surface area (Å²) in [5.74, 6) is 2.02. The number of rotatable bonds is 4. The van der Waals surface area contributed by atoms with E-state index in [9.17, 15) is 5.11 Å². The van der Waals surface area contributed by atoms with Crippen molar-refractivity contribution in [3.63, 3.8) is 0 Å². The van der Waals surface area contributed by atoms with Crippen molar-refractivity contribution in [3.8, 4) is 0 Å². The predicted molar refractivity (Wildman–Crippen MR) is 89.4 cm³/mol. The molecule has 4 N–H and O–H groups in total. The Labute approximate surface area is 134 Å². The second-order valence-corrected chi connectivity index (χ2v) is 6.59. The third-order valence-corrected chi connectivity index (χ3v) is 5.21. The topological polar surface area (TPSA) is 92.2 Å². The number of fused-ring (bicyclic) bond motifs is 3. The number of H-pyrrole nitrogens is 1. The summed E-state index contributed by atoms with van der Waals surface area (Å²) in [7, 11) is 0. The summed E-state index contributed by atoms with van der Waals surface area (Å²) in [5.41, 5.74) is 10.1. The van der Waals surface area contributed by atoms with E-state index in [1.807, 2.05) is 18.5 Å². The third-order valence-electron chi connectivity index (χ3n) is 5.21. The van der Waals surface area contributed by atoms with Gasteiger partial charge in [-0.25, -0.2) is 9.97 Å². The monoisotopic (exact) mass is 313 g/mol. The molecule has 3 heterocycles. The Kier molecular flexibility index (Phi) is 3.58. The van der Waals surface area contributed by atoms with Crippen molar-refractivity contribution in [2.75, 3.05) is 6.61 Å². The van der Waals surface area contributed by atoms with Crippen LogP contribution >= 0.6 is 0 Å². The van der Waals surface area contributed by atoms with E-state index in [0.717, 1.165) is 47.5 Å². The van der Waals surface area contributed by atoms with E-state index in [2.05, 4.69) is 21.3 Å². The van der Waals surface area contributed by atoms with Gasteiger partial charge in [0.15, 0.2) is 5.65 Å². The van der Waals surface area contributed by atoms with E-state index in [1.165, 1.54) is 0 Å².